The van der Waals surface area contributed by atoms with Gasteiger partial charge in [-0.25, -0.2) is 0 Å². The number of ether oxygens (including phenoxy) is 1. The van der Waals surface area contributed by atoms with E-state index >= 15 is 0 Å². The van der Waals surface area contributed by atoms with Gasteiger partial charge in [0.15, 0.2) is 0 Å². The highest BCUT2D eigenvalue weighted by atomic mass is 35.5. The van der Waals surface area contributed by atoms with Crippen molar-refractivity contribution in [3.63, 3.8) is 0 Å². The van der Waals surface area contributed by atoms with E-state index < -0.39 is 0 Å². The van der Waals surface area contributed by atoms with Crippen LogP contribution in [0.15, 0.2) is 67.0 Å². The maximum Gasteiger partial charge on any atom is 0.257 e. The van der Waals surface area contributed by atoms with Gasteiger partial charge in [0, 0.05) is 29.6 Å². The lowest BCUT2D eigenvalue weighted by atomic mass is 10.1. The molecule has 0 aliphatic rings. The number of nitrogens with zero attached hydrogens (tertiary/aromatic N) is 1. The Labute approximate surface area is 169 Å². The monoisotopic (exact) mass is 395 g/mol. The van der Waals surface area contributed by atoms with Crippen molar-refractivity contribution < 1.29 is 9.53 Å². The Balaban J connectivity index is 1.55. The molecule has 6 heteroatoms. The number of carbonyl (C=O) groups excluding carboxylic acids is 1. The molecule has 0 fully saturated rings. The molecule has 0 saturated carbocycles. The first kappa shape index (κ1) is 19.7. The summed E-state index contributed by atoms with van der Waals surface area (Å²) in [4.78, 5) is 16.6. The molecule has 0 atom stereocenters. The van der Waals surface area contributed by atoms with Crippen LogP contribution in [0.3, 0.4) is 0 Å². The highest BCUT2D eigenvalue weighted by molar-refractivity contribution is 6.30. The van der Waals surface area contributed by atoms with Gasteiger partial charge in [0.2, 0.25) is 0 Å². The summed E-state index contributed by atoms with van der Waals surface area (Å²) in [5.41, 5.74) is 3.18. The Kier molecular flexibility index (Phi) is 6.87. The predicted octanol–water partition coefficient (Wildman–Crippen LogP) is 5.04. The summed E-state index contributed by atoms with van der Waals surface area (Å²) in [7, 11) is 0. The van der Waals surface area contributed by atoms with E-state index in [2.05, 4.69) is 15.6 Å². The highest BCUT2D eigenvalue weighted by Crippen LogP contribution is 2.17. The van der Waals surface area contributed by atoms with Gasteiger partial charge in [-0.2, -0.15) is 0 Å². The SMILES string of the molecule is CCOc1ccc(NC(=O)c2cncc(NCCc3ccc(Cl)cc3)c2)cc1. The summed E-state index contributed by atoms with van der Waals surface area (Å²) in [6.45, 7) is 3.27. The molecule has 0 aliphatic heterocycles. The molecule has 0 radical (unpaired) electrons. The molecule has 1 heterocycles. The molecule has 2 N–H and O–H groups in total. The van der Waals surface area contributed by atoms with Gasteiger partial charge < -0.3 is 15.4 Å². The van der Waals surface area contributed by atoms with Crippen LogP contribution in [0.25, 0.3) is 0 Å². The summed E-state index contributed by atoms with van der Waals surface area (Å²) in [5, 5.41) is 6.89. The number of rotatable bonds is 8. The molecule has 0 saturated heterocycles. The van der Waals surface area contributed by atoms with Gasteiger partial charge in [-0.1, -0.05) is 23.7 Å². The number of amides is 1. The molecule has 28 heavy (non-hydrogen) atoms. The highest BCUT2D eigenvalue weighted by Gasteiger charge is 2.08. The maximum absolute atomic E-state index is 12.5. The molecule has 0 bridgehead atoms. The van der Waals surface area contributed by atoms with Gasteiger partial charge in [-0.3, -0.25) is 9.78 Å². The number of nitrogens with one attached hydrogen (secondary N) is 2. The zero-order valence-corrected chi connectivity index (χ0v) is 16.4. The van der Waals surface area contributed by atoms with E-state index in [1.54, 1.807) is 18.5 Å². The van der Waals surface area contributed by atoms with E-state index in [9.17, 15) is 4.79 Å². The minimum absolute atomic E-state index is 0.210. The number of pyridine rings is 1. The van der Waals surface area contributed by atoms with Crippen molar-refractivity contribution in [1.29, 1.82) is 0 Å². The first-order chi connectivity index (χ1) is 13.6. The van der Waals surface area contributed by atoms with Crippen LogP contribution in [0.2, 0.25) is 5.02 Å². The lowest BCUT2D eigenvalue weighted by molar-refractivity contribution is 0.102. The van der Waals surface area contributed by atoms with E-state index in [4.69, 9.17) is 16.3 Å². The predicted molar refractivity (Wildman–Crippen MR) is 113 cm³/mol. The fourth-order valence-corrected chi connectivity index (χ4v) is 2.79. The number of hydrogen-bond donors (Lipinski definition) is 2. The lowest BCUT2D eigenvalue weighted by Crippen LogP contribution is -2.13. The Hall–Kier alpha value is -3.05. The molecule has 3 aromatic rings. The molecule has 0 unspecified atom stereocenters. The lowest BCUT2D eigenvalue weighted by Gasteiger charge is -2.09. The van der Waals surface area contributed by atoms with Crippen LogP contribution in [0.1, 0.15) is 22.8 Å². The van der Waals surface area contributed by atoms with Crippen molar-refractivity contribution in [2.75, 3.05) is 23.8 Å². The summed E-state index contributed by atoms with van der Waals surface area (Å²) < 4.78 is 5.40. The molecule has 0 aliphatic carbocycles. The number of carbonyl (C=O) groups is 1. The van der Waals surface area contributed by atoms with Crippen LogP contribution in [0.4, 0.5) is 11.4 Å². The Morgan fingerprint density at radius 3 is 2.50 bits per heavy atom. The van der Waals surface area contributed by atoms with E-state index in [1.807, 2.05) is 55.5 Å². The second-order valence-corrected chi connectivity index (χ2v) is 6.61. The molecule has 5 nitrogen and oxygen atoms in total. The molecule has 2 aromatic carbocycles. The van der Waals surface area contributed by atoms with E-state index in [0.29, 0.717) is 17.9 Å². The largest absolute Gasteiger partial charge is 0.494 e. The van der Waals surface area contributed by atoms with Crippen LogP contribution in [0.5, 0.6) is 5.75 Å². The molecule has 0 spiro atoms. The second-order valence-electron chi connectivity index (χ2n) is 6.18. The van der Waals surface area contributed by atoms with Crippen LogP contribution in [-0.4, -0.2) is 24.0 Å². The Morgan fingerprint density at radius 2 is 1.79 bits per heavy atom. The van der Waals surface area contributed by atoms with Crippen molar-refractivity contribution in [1.82, 2.24) is 4.98 Å². The van der Waals surface area contributed by atoms with Crippen molar-refractivity contribution in [3.05, 3.63) is 83.1 Å². The standard InChI is InChI=1S/C22H22ClN3O2/c1-2-28-21-9-7-19(8-10-21)26-22(27)17-13-20(15-24-14-17)25-12-11-16-3-5-18(23)6-4-16/h3-10,13-15,25H,2,11-12H2,1H3,(H,26,27). The number of halogens is 1. The van der Waals surface area contributed by atoms with Gasteiger partial charge in [0.25, 0.3) is 5.91 Å². The summed E-state index contributed by atoms with van der Waals surface area (Å²) in [6, 6.07) is 16.8. The first-order valence-electron chi connectivity index (χ1n) is 9.11. The van der Waals surface area contributed by atoms with Crippen molar-refractivity contribution in [2.24, 2.45) is 0 Å². The third-order valence-corrected chi connectivity index (χ3v) is 4.33. The van der Waals surface area contributed by atoms with Gasteiger partial charge >= 0.3 is 0 Å². The molecule has 1 amide bonds. The molecular weight excluding hydrogens is 374 g/mol. The van der Waals surface area contributed by atoms with Gasteiger partial charge in [-0.05, 0) is 61.4 Å². The van der Waals surface area contributed by atoms with Gasteiger partial charge in [-0.15, -0.1) is 0 Å². The van der Waals surface area contributed by atoms with E-state index in [-0.39, 0.29) is 5.91 Å². The zero-order chi connectivity index (χ0) is 19.8. The average molecular weight is 396 g/mol. The molecule has 3 rings (SSSR count). The van der Waals surface area contributed by atoms with Crippen molar-refractivity contribution >= 4 is 28.9 Å². The normalized spacial score (nSPS) is 10.4. The van der Waals surface area contributed by atoms with Crippen LogP contribution in [-0.2, 0) is 6.42 Å². The Morgan fingerprint density at radius 1 is 1.04 bits per heavy atom. The number of aromatic nitrogens is 1. The van der Waals surface area contributed by atoms with Crippen LogP contribution < -0.4 is 15.4 Å². The fraction of sp³-hybridized carbons (Fsp3) is 0.182. The molecular formula is C22H22ClN3O2. The smallest absolute Gasteiger partial charge is 0.257 e. The average Bonchev–Trinajstić information content (AvgIpc) is 2.71. The van der Waals surface area contributed by atoms with Crippen molar-refractivity contribution in [2.45, 2.75) is 13.3 Å². The third kappa shape index (κ3) is 5.72. The fourth-order valence-electron chi connectivity index (χ4n) is 2.67. The summed E-state index contributed by atoms with van der Waals surface area (Å²) in [6.07, 6.45) is 4.10. The Bertz CT molecular complexity index is 912. The van der Waals surface area contributed by atoms with E-state index in [0.717, 1.165) is 29.4 Å². The third-order valence-electron chi connectivity index (χ3n) is 4.08. The summed E-state index contributed by atoms with van der Waals surface area (Å²) in [5.74, 6) is 0.562. The van der Waals surface area contributed by atoms with Gasteiger partial charge in [0.05, 0.1) is 17.9 Å². The van der Waals surface area contributed by atoms with E-state index in [1.165, 1.54) is 5.56 Å². The number of benzene rings is 2. The zero-order valence-electron chi connectivity index (χ0n) is 15.6. The molecule has 1 aromatic heterocycles. The number of hydrogen-bond acceptors (Lipinski definition) is 4. The maximum atomic E-state index is 12.5. The van der Waals surface area contributed by atoms with Gasteiger partial charge in [0.1, 0.15) is 5.75 Å². The number of anilines is 2. The summed E-state index contributed by atoms with van der Waals surface area (Å²) >= 11 is 5.90. The van der Waals surface area contributed by atoms with Crippen LogP contribution >= 0.6 is 11.6 Å². The molecule has 144 valence electrons. The minimum Gasteiger partial charge on any atom is -0.494 e. The first-order valence-corrected chi connectivity index (χ1v) is 9.49. The minimum atomic E-state index is -0.210. The van der Waals surface area contributed by atoms with Crippen LogP contribution in [0, 0.1) is 0 Å². The van der Waals surface area contributed by atoms with Crippen molar-refractivity contribution in [3.8, 4) is 5.75 Å². The quantitative estimate of drug-likeness (QED) is 0.560. The topological polar surface area (TPSA) is 63.2 Å². The second kappa shape index (κ2) is 9.76.